The molecular formula is C15H27N3O3. The molecule has 3 atom stereocenters. The highest BCUT2D eigenvalue weighted by Crippen LogP contribution is 2.23. The number of carbonyl (C=O) groups excluding carboxylic acids is 1. The molecule has 2 amide bonds. The number of carboxylic acid groups (broad SMARTS) is 1. The summed E-state index contributed by atoms with van der Waals surface area (Å²) in [5.41, 5.74) is 0. The molecule has 2 rings (SSSR count). The van der Waals surface area contributed by atoms with Crippen LogP contribution in [0, 0.1) is 5.92 Å². The number of aliphatic carboxylic acids is 1. The largest absolute Gasteiger partial charge is 0.481 e. The van der Waals surface area contributed by atoms with Gasteiger partial charge < -0.3 is 15.3 Å². The molecule has 0 radical (unpaired) electrons. The normalized spacial score (nSPS) is 30.4. The maximum absolute atomic E-state index is 12.3. The van der Waals surface area contributed by atoms with Crippen molar-refractivity contribution in [3.63, 3.8) is 0 Å². The van der Waals surface area contributed by atoms with Crippen LogP contribution in [0.2, 0.25) is 0 Å². The number of hydrogen-bond donors (Lipinski definition) is 2. The first-order valence-corrected chi connectivity index (χ1v) is 8.04. The van der Waals surface area contributed by atoms with Crippen molar-refractivity contribution in [2.45, 2.75) is 51.6 Å². The van der Waals surface area contributed by atoms with Gasteiger partial charge in [0.25, 0.3) is 0 Å². The predicted molar refractivity (Wildman–Crippen MR) is 80.2 cm³/mol. The van der Waals surface area contributed by atoms with Gasteiger partial charge in [0.1, 0.15) is 0 Å². The van der Waals surface area contributed by atoms with E-state index in [0.29, 0.717) is 32.0 Å². The van der Waals surface area contributed by atoms with E-state index < -0.39 is 5.97 Å². The molecule has 2 aliphatic heterocycles. The van der Waals surface area contributed by atoms with E-state index in [-0.39, 0.29) is 18.0 Å². The highest BCUT2D eigenvalue weighted by atomic mass is 16.4. The number of piperidine rings is 1. The Bertz CT molecular complexity index is 388. The number of likely N-dealkylation sites (tertiary alicyclic amines) is 2. The second-order valence-electron chi connectivity index (χ2n) is 6.21. The first-order chi connectivity index (χ1) is 10.0. The summed E-state index contributed by atoms with van der Waals surface area (Å²) < 4.78 is 0. The number of nitrogens with one attached hydrogen (secondary N) is 1. The lowest BCUT2D eigenvalue weighted by Crippen LogP contribution is -2.52. The van der Waals surface area contributed by atoms with Gasteiger partial charge in [-0.15, -0.1) is 0 Å². The topological polar surface area (TPSA) is 72.9 Å². The Hall–Kier alpha value is -1.30. The summed E-state index contributed by atoms with van der Waals surface area (Å²) in [5.74, 6) is -1.05. The van der Waals surface area contributed by atoms with Gasteiger partial charge in [-0.2, -0.15) is 0 Å². The van der Waals surface area contributed by atoms with E-state index in [4.69, 9.17) is 5.11 Å². The molecule has 21 heavy (non-hydrogen) atoms. The van der Waals surface area contributed by atoms with E-state index in [9.17, 15) is 9.59 Å². The quantitative estimate of drug-likeness (QED) is 0.822. The molecule has 120 valence electrons. The van der Waals surface area contributed by atoms with Crippen LogP contribution in [-0.4, -0.2) is 65.2 Å². The number of urea groups is 1. The van der Waals surface area contributed by atoms with E-state index in [1.54, 1.807) is 4.90 Å². The Kier molecular flexibility index (Phi) is 5.45. The Labute approximate surface area is 126 Å². The first-order valence-electron chi connectivity index (χ1n) is 8.04. The summed E-state index contributed by atoms with van der Waals surface area (Å²) in [4.78, 5) is 27.5. The lowest BCUT2D eigenvalue weighted by molar-refractivity contribution is -0.143. The third kappa shape index (κ3) is 3.87. The van der Waals surface area contributed by atoms with Crippen LogP contribution in [0.5, 0.6) is 0 Å². The molecule has 2 N–H and O–H groups in total. The molecule has 6 nitrogen and oxygen atoms in total. The third-order valence-electron chi connectivity index (χ3n) is 4.88. The summed E-state index contributed by atoms with van der Waals surface area (Å²) in [6.45, 7) is 7.46. The Morgan fingerprint density at radius 2 is 2.05 bits per heavy atom. The Morgan fingerprint density at radius 1 is 1.29 bits per heavy atom. The molecule has 2 heterocycles. The van der Waals surface area contributed by atoms with Crippen molar-refractivity contribution in [1.82, 2.24) is 15.1 Å². The van der Waals surface area contributed by atoms with Crippen LogP contribution in [0.25, 0.3) is 0 Å². The molecule has 0 aromatic carbocycles. The van der Waals surface area contributed by atoms with E-state index >= 15 is 0 Å². The van der Waals surface area contributed by atoms with Gasteiger partial charge in [-0.05, 0) is 45.7 Å². The summed E-state index contributed by atoms with van der Waals surface area (Å²) in [6.07, 6.45) is 3.45. The van der Waals surface area contributed by atoms with E-state index in [1.165, 1.54) is 6.42 Å². The molecule has 6 heteroatoms. The average molecular weight is 297 g/mol. The van der Waals surface area contributed by atoms with Crippen LogP contribution in [0.3, 0.4) is 0 Å². The number of likely N-dealkylation sites (N-methyl/N-ethyl adjacent to an activating group) is 1. The van der Waals surface area contributed by atoms with E-state index in [1.807, 2.05) is 6.92 Å². The zero-order valence-corrected chi connectivity index (χ0v) is 13.0. The minimum Gasteiger partial charge on any atom is -0.481 e. The molecule has 3 unspecified atom stereocenters. The molecule has 0 spiro atoms. The lowest BCUT2D eigenvalue weighted by atomic mass is 9.92. The van der Waals surface area contributed by atoms with Gasteiger partial charge in [0.2, 0.25) is 0 Å². The maximum atomic E-state index is 12.3. The fourth-order valence-corrected chi connectivity index (χ4v) is 3.55. The van der Waals surface area contributed by atoms with Crippen molar-refractivity contribution in [2.75, 3.05) is 26.2 Å². The van der Waals surface area contributed by atoms with Crippen molar-refractivity contribution >= 4 is 12.0 Å². The van der Waals surface area contributed by atoms with Crippen LogP contribution in [0.1, 0.15) is 39.5 Å². The second-order valence-corrected chi connectivity index (χ2v) is 6.21. The Balaban J connectivity index is 1.79. The highest BCUT2D eigenvalue weighted by molar-refractivity contribution is 5.75. The molecule has 0 aromatic heterocycles. The lowest BCUT2D eigenvalue weighted by Gasteiger charge is -2.36. The number of nitrogens with zero attached hydrogens (tertiary/aromatic N) is 2. The monoisotopic (exact) mass is 297 g/mol. The van der Waals surface area contributed by atoms with Crippen LogP contribution in [0.15, 0.2) is 0 Å². The Morgan fingerprint density at radius 3 is 2.67 bits per heavy atom. The van der Waals surface area contributed by atoms with E-state index in [0.717, 1.165) is 19.5 Å². The van der Waals surface area contributed by atoms with Gasteiger partial charge >= 0.3 is 12.0 Å². The fraction of sp³-hybridized carbons (Fsp3) is 0.867. The van der Waals surface area contributed by atoms with Crippen molar-refractivity contribution < 1.29 is 14.7 Å². The van der Waals surface area contributed by atoms with Gasteiger partial charge in [0.15, 0.2) is 0 Å². The fourth-order valence-electron chi connectivity index (χ4n) is 3.55. The smallest absolute Gasteiger partial charge is 0.317 e. The maximum Gasteiger partial charge on any atom is 0.317 e. The molecule has 0 aliphatic carbocycles. The van der Waals surface area contributed by atoms with Crippen LogP contribution in [0.4, 0.5) is 4.79 Å². The second kappa shape index (κ2) is 7.11. The minimum atomic E-state index is -0.744. The number of amides is 2. The summed E-state index contributed by atoms with van der Waals surface area (Å²) in [6, 6.07) is 0.394. The summed E-state index contributed by atoms with van der Waals surface area (Å²) in [7, 11) is 0. The first kappa shape index (κ1) is 16.1. The number of hydrogen-bond acceptors (Lipinski definition) is 3. The van der Waals surface area contributed by atoms with Crippen molar-refractivity contribution in [3.8, 4) is 0 Å². The van der Waals surface area contributed by atoms with Gasteiger partial charge in [0, 0.05) is 25.2 Å². The van der Waals surface area contributed by atoms with Gasteiger partial charge in [-0.3, -0.25) is 9.69 Å². The summed E-state index contributed by atoms with van der Waals surface area (Å²) >= 11 is 0. The predicted octanol–water partition coefficient (Wildman–Crippen LogP) is 1.37. The molecule has 2 aliphatic rings. The van der Waals surface area contributed by atoms with Gasteiger partial charge in [-0.25, -0.2) is 4.79 Å². The van der Waals surface area contributed by atoms with Crippen molar-refractivity contribution in [2.24, 2.45) is 5.92 Å². The van der Waals surface area contributed by atoms with Crippen LogP contribution in [-0.2, 0) is 4.79 Å². The minimum absolute atomic E-state index is 0.00861. The van der Waals surface area contributed by atoms with Gasteiger partial charge in [-0.1, -0.05) is 6.92 Å². The summed E-state index contributed by atoms with van der Waals surface area (Å²) in [5, 5.41) is 12.1. The molecule has 2 fully saturated rings. The molecule has 0 aromatic rings. The molecule has 0 bridgehead atoms. The number of carbonyl (C=O) groups is 2. The molecular weight excluding hydrogens is 270 g/mol. The number of carboxylic acids is 1. The van der Waals surface area contributed by atoms with Crippen LogP contribution < -0.4 is 5.32 Å². The van der Waals surface area contributed by atoms with Crippen molar-refractivity contribution in [1.29, 1.82) is 0 Å². The van der Waals surface area contributed by atoms with Crippen LogP contribution >= 0.6 is 0 Å². The zero-order chi connectivity index (χ0) is 15.4. The highest BCUT2D eigenvalue weighted by Gasteiger charge is 2.32. The molecule has 0 saturated carbocycles. The zero-order valence-electron chi connectivity index (χ0n) is 13.0. The van der Waals surface area contributed by atoms with Crippen molar-refractivity contribution in [3.05, 3.63) is 0 Å². The number of rotatable bonds is 4. The SMILES string of the molecule is CCN1CCCC1CNC(=O)N1CCC(C(=O)O)CC1C. The van der Waals surface area contributed by atoms with E-state index in [2.05, 4.69) is 17.1 Å². The van der Waals surface area contributed by atoms with Gasteiger partial charge in [0.05, 0.1) is 5.92 Å². The standard InChI is InChI=1S/C15H27N3O3/c1-3-17-7-4-5-13(17)10-16-15(21)18-8-6-12(14(19)20)9-11(18)2/h11-13H,3-10H2,1-2H3,(H,16,21)(H,19,20). The average Bonchev–Trinajstić information content (AvgIpc) is 2.91. The third-order valence-corrected chi connectivity index (χ3v) is 4.88. The molecule has 2 saturated heterocycles.